The highest BCUT2D eigenvalue weighted by molar-refractivity contribution is 9.10. The predicted molar refractivity (Wildman–Crippen MR) is 83.7 cm³/mol. The number of fused-ring (bicyclic) bond motifs is 1. The molecule has 104 valence electrons. The molecule has 0 bridgehead atoms. The molecule has 2 aromatic rings. The van der Waals surface area contributed by atoms with Crippen LogP contribution in [0, 0.1) is 6.92 Å². The average molecular weight is 333 g/mol. The molecule has 1 unspecified atom stereocenters. The molecule has 2 nitrogen and oxygen atoms in total. The molecular formula is C17H17BrO2. The lowest BCUT2D eigenvalue weighted by molar-refractivity contribution is 0.217. The summed E-state index contributed by atoms with van der Waals surface area (Å²) >= 11 is 3.47. The summed E-state index contributed by atoms with van der Waals surface area (Å²) in [5, 5.41) is 0. The van der Waals surface area contributed by atoms with Crippen molar-refractivity contribution in [2.24, 2.45) is 0 Å². The van der Waals surface area contributed by atoms with Crippen LogP contribution in [0.4, 0.5) is 0 Å². The van der Waals surface area contributed by atoms with E-state index in [0.29, 0.717) is 12.5 Å². The van der Waals surface area contributed by atoms with Crippen molar-refractivity contribution >= 4 is 15.9 Å². The van der Waals surface area contributed by atoms with Gasteiger partial charge in [-0.25, -0.2) is 0 Å². The minimum atomic E-state index is 0.406. The molecule has 0 aliphatic carbocycles. The van der Waals surface area contributed by atoms with E-state index < -0.39 is 0 Å². The topological polar surface area (TPSA) is 18.5 Å². The zero-order valence-electron chi connectivity index (χ0n) is 11.4. The third kappa shape index (κ3) is 2.83. The SMILES string of the molecule is Cc1cc(Br)ccc1OCC1CCOc2ccccc21. The van der Waals surface area contributed by atoms with Gasteiger partial charge in [0.25, 0.3) is 0 Å². The number of aryl methyl sites for hydroxylation is 1. The highest BCUT2D eigenvalue weighted by atomic mass is 79.9. The van der Waals surface area contributed by atoms with Gasteiger partial charge >= 0.3 is 0 Å². The van der Waals surface area contributed by atoms with Crippen LogP contribution in [-0.2, 0) is 0 Å². The molecule has 3 rings (SSSR count). The summed E-state index contributed by atoms with van der Waals surface area (Å²) in [5.74, 6) is 2.36. The number of rotatable bonds is 3. The van der Waals surface area contributed by atoms with E-state index in [-0.39, 0.29) is 0 Å². The maximum Gasteiger partial charge on any atom is 0.122 e. The summed E-state index contributed by atoms with van der Waals surface area (Å²) in [6.07, 6.45) is 1.01. The van der Waals surface area contributed by atoms with Crippen molar-refractivity contribution in [1.82, 2.24) is 0 Å². The lowest BCUT2D eigenvalue weighted by Crippen LogP contribution is -2.19. The first kappa shape index (κ1) is 13.5. The second kappa shape index (κ2) is 5.88. The van der Waals surface area contributed by atoms with E-state index in [2.05, 4.69) is 41.1 Å². The van der Waals surface area contributed by atoms with Gasteiger partial charge in [0, 0.05) is 16.0 Å². The standard InChI is InChI=1S/C17H17BrO2/c1-12-10-14(18)6-7-16(12)20-11-13-8-9-19-17-5-3-2-4-15(13)17/h2-7,10,13H,8-9,11H2,1H3. The predicted octanol–water partition coefficient (Wildman–Crippen LogP) is 4.70. The molecule has 1 heterocycles. The molecule has 0 N–H and O–H groups in total. The second-order valence-corrected chi connectivity index (χ2v) is 6.01. The third-order valence-corrected chi connectivity index (χ3v) is 4.15. The average Bonchev–Trinajstić information content (AvgIpc) is 2.46. The molecule has 2 aromatic carbocycles. The van der Waals surface area contributed by atoms with Crippen molar-refractivity contribution in [2.75, 3.05) is 13.2 Å². The lowest BCUT2D eigenvalue weighted by Gasteiger charge is -2.26. The van der Waals surface area contributed by atoms with Gasteiger partial charge in [0.05, 0.1) is 13.2 Å². The van der Waals surface area contributed by atoms with Crippen LogP contribution in [-0.4, -0.2) is 13.2 Å². The Bertz CT molecular complexity index is 610. The minimum Gasteiger partial charge on any atom is -0.493 e. The Kier molecular flexibility index (Phi) is 3.97. The molecule has 0 saturated carbocycles. The van der Waals surface area contributed by atoms with Gasteiger partial charge in [0.1, 0.15) is 11.5 Å². The largest absolute Gasteiger partial charge is 0.493 e. The van der Waals surface area contributed by atoms with Gasteiger partial charge in [-0.15, -0.1) is 0 Å². The Hall–Kier alpha value is -1.48. The van der Waals surface area contributed by atoms with E-state index in [0.717, 1.165) is 34.6 Å². The smallest absolute Gasteiger partial charge is 0.122 e. The van der Waals surface area contributed by atoms with Gasteiger partial charge in [-0.3, -0.25) is 0 Å². The number of benzene rings is 2. The van der Waals surface area contributed by atoms with Crippen LogP contribution >= 0.6 is 15.9 Å². The number of halogens is 1. The molecule has 3 heteroatoms. The van der Waals surface area contributed by atoms with E-state index in [1.807, 2.05) is 24.3 Å². The molecule has 1 atom stereocenters. The van der Waals surface area contributed by atoms with Crippen LogP contribution in [0.2, 0.25) is 0 Å². The normalized spacial score (nSPS) is 17.2. The Balaban J connectivity index is 1.73. The highest BCUT2D eigenvalue weighted by Gasteiger charge is 2.21. The van der Waals surface area contributed by atoms with Crippen LogP contribution in [0.25, 0.3) is 0 Å². The van der Waals surface area contributed by atoms with Gasteiger partial charge in [-0.2, -0.15) is 0 Å². The molecule has 0 saturated heterocycles. The second-order valence-electron chi connectivity index (χ2n) is 5.09. The summed E-state index contributed by atoms with van der Waals surface area (Å²) in [5.41, 5.74) is 2.41. The molecule has 1 aliphatic heterocycles. The van der Waals surface area contributed by atoms with Crippen LogP contribution in [0.1, 0.15) is 23.5 Å². The molecule has 20 heavy (non-hydrogen) atoms. The van der Waals surface area contributed by atoms with Crippen molar-refractivity contribution < 1.29 is 9.47 Å². The molecular weight excluding hydrogens is 316 g/mol. The van der Waals surface area contributed by atoms with Crippen molar-refractivity contribution in [3.63, 3.8) is 0 Å². The summed E-state index contributed by atoms with van der Waals surface area (Å²) in [7, 11) is 0. The molecule has 0 spiro atoms. The van der Waals surface area contributed by atoms with Gasteiger partial charge in [0.2, 0.25) is 0 Å². The lowest BCUT2D eigenvalue weighted by atomic mass is 9.94. The van der Waals surface area contributed by atoms with Gasteiger partial charge < -0.3 is 9.47 Å². The van der Waals surface area contributed by atoms with Gasteiger partial charge in [-0.05, 0) is 43.2 Å². The van der Waals surface area contributed by atoms with Crippen molar-refractivity contribution in [3.05, 3.63) is 58.1 Å². The molecule has 0 fully saturated rings. The van der Waals surface area contributed by atoms with E-state index in [1.165, 1.54) is 5.56 Å². The first-order valence-corrected chi connectivity index (χ1v) is 7.64. The van der Waals surface area contributed by atoms with Gasteiger partial charge in [-0.1, -0.05) is 34.1 Å². The third-order valence-electron chi connectivity index (χ3n) is 3.66. The first-order valence-electron chi connectivity index (χ1n) is 6.85. The minimum absolute atomic E-state index is 0.406. The quantitative estimate of drug-likeness (QED) is 0.810. The Morgan fingerprint density at radius 3 is 2.95 bits per heavy atom. The van der Waals surface area contributed by atoms with E-state index in [4.69, 9.17) is 9.47 Å². The summed E-state index contributed by atoms with van der Waals surface area (Å²) in [6.45, 7) is 3.53. The van der Waals surface area contributed by atoms with Crippen molar-refractivity contribution in [2.45, 2.75) is 19.3 Å². The first-order chi connectivity index (χ1) is 9.74. The van der Waals surface area contributed by atoms with Crippen LogP contribution in [0.15, 0.2) is 46.9 Å². The number of hydrogen-bond acceptors (Lipinski definition) is 2. The van der Waals surface area contributed by atoms with Crippen LogP contribution in [0.3, 0.4) is 0 Å². The number of hydrogen-bond donors (Lipinski definition) is 0. The Morgan fingerprint density at radius 1 is 1.25 bits per heavy atom. The molecule has 1 aliphatic rings. The van der Waals surface area contributed by atoms with Crippen LogP contribution < -0.4 is 9.47 Å². The number of ether oxygens (including phenoxy) is 2. The van der Waals surface area contributed by atoms with Crippen molar-refractivity contribution in [3.8, 4) is 11.5 Å². The van der Waals surface area contributed by atoms with E-state index >= 15 is 0 Å². The fourth-order valence-electron chi connectivity index (χ4n) is 2.55. The van der Waals surface area contributed by atoms with E-state index in [1.54, 1.807) is 0 Å². The summed E-state index contributed by atoms with van der Waals surface area (Å²) < 4.78 is 12.8. The van der Waals surface area contributed by atoms with Gasteiger partial charge in [0.15, 0.2) is 0 Å². The summed E-state index contributed by atoms with van der Waals surface area (Å²) in [4.78, 5) is 0. The summed E-state index contributed by atoms with van der Waals surface area (Å²) in [6, 6.07) is 14.4. The van der Waals surface area contributed by atoms with Crippen molar-refractivity contribution in [1.29, 1.82) is 0 Å². The molecule has 0 amide bonds. The fourth-order valence-corrected chi connectivity index (χ4v) is 3.03. The highest BCUT2D eigenvalue weighted by Crippen LogP contribution is 2.34. The van der Waals surface area contributed by atoms with Crippen LogP contribution in [0.5, 0.6) is 11.5 Å². The monoisotopic (exact) mass is 332 g/mol. The zero-order valence-corrected chi connectivity index (χ0v) is 13.0. The molecule has 0 radical (unpaired) electrons. The van der Waals surface area contributed by atoms with E-state index in [9.17, 15) is 0 Å². The molecule has 0 aromatic heterocycles. The number of para-hydroxylation sites is 1. The fraction of sp³-hybridized carbons (Fsp3) is 0.294. The zero-order chi connectivity index (χ0) is 13.9. The maximum absolute atomic E-state index is 6.01. The Labute approximate surface area is 127 Å². The maximum atomic E-state index is 6.01. The Morgan fingerprint density at radius 2 is 2.10 bits per heavy atom.